The fourth-order valence-electron chi connectivity index (χ4n) is 1.78. The molecule has 1 aromatic rings. The summed E-state index contributed by atoms with van der Waals surface area (Å²) in [7, 11) is 1.68. The second-order valence-corrected chi connectivity index (χ2v) is 4.46. The van der Waals surface area contributed by atoms with E-state index < -0.39 is 0 Å². The van der Waals surface area contributed by atoms with E-state index in [0.717, 1.165) is 37.4 Å². The summed E-state index contributed by atoms with van der Waals surface area (Å²) in [4.78, 5) is 0. The predicted octanol–water partition coefficient (Wildman–Crippen LogP) is 2.52. The van der Waals surface area contributed by atoms with Gasteiger partial charge in [-0.15, -0.1) is 0 Å². The topological polar surface area (TPSA) is 65.7 Å². The third kappa shape index (κ3) is 7.21. The summed E-state index contributed by atoms with van der Waals surface area (Å²) in [5.74, 6) is 0.804. The Bertz CT molecular complexity index is 372. The van der Waals surface area contributed by atoms with E-state index in [1.54, 1.807) is 7.11 Å². The summed E-state index contributed by atoms with van der Waals surface area (Å²) in [6.45, 7) is 5.58. The van der Waals surface area contributed by atoms with Crippen LogP contribution in [0.5, 0.6) is 5.75 Å². The third-order valence-electron chi connectivity index (χ3n) is 2.72. The Morgan fingerprint density at radius 3 is 2.70 bits per heavy atom. The maximum absolute atomic E-state index is 5.84. The molecule has 0 saturated carbocycles. The molecular weight excluding hydrogens is 256 g/mol. The number of nitrogen functional groups attached to an aromatic ring is 1. The number of unbranched alkanes of at least 4 members (excludes halogenated alkanes) is 1. The van der Waals surface area contributed by atoms with E-state index in [4.69, 9.17) is 19.9 Å². The van der Waals surface area contributed by atoms with Crippen LogP contribution in [-0.4, -0.2) is 40.1 Å². The SMILES string of the molecule is CCOc1cc(N)cc(NCCCCOCCOC)c1. The molecule has 0 aromatic heterocycles. The molecule has 20 heavy (non-hydrogen) atoms. The average molecular weight is 282 g/mol. The van der Waals surface area contributed by atoms with E-state index >= 15 is 0 Å². The molecule has 0 heterocycles. The number of nitrogens with two attached hydrogens (primary N) is 1. The van der Waals surface area contributed by atoms with Crippen LogP contribution in [-0.2, 0) is 9.47 Å². The molecule has 0 amide bonds. The van der Waals surface area contributed by atoms with E-state index in [0.29, 0.717) is 25.5 Å². The van der Waals surface area contributed by atoms with Crippen LogP contribution in [0.25, 0.3) is 0 Å². The molecule has 0 unspecified atom stereocenters. The number of methoxy groups -OCH3 is 1. The standard InChI is InChI=1S/C15H26N2O3/c1-3-20-15-11-13(16)10-14(12-15)17-6-4-5-7-19-9-8-18-2/h10-12,17H,3-9,16H2,1-2H3. The molecule has 0 aliphatic heterocycles. The maximum atomic E-state index is 5.84. The lowest BCUT2D eigenvalue weighted by Gasteiger charge is -2.10. The van der Waals surface area contributed by atoms with Gasteiger partial charge >= 0.3 is 0 Å². The molecule has 114 valence electrons. The Labute approximate surface area is 121 Å². The van der Waals surface area contributed by atoms with Crippen molar-refractivity contribution in [2.24, 2.45) is 0 Å². The van der Waals surface area contributed by atoms with Crippen LogP contribution in [0.2, 0.25) is 0 Å². The number of nitrogens with one attached hydrogen (secondary N) is 1. The van der Waals surface area contributed by atoms with Gasteiger partial charge in [0.2, 0.25) is 0 Å². The maximum Gasteiger partial charge on any atom is 0.123 e. The van der Waals surface area contributed by atoms with Gasteiger partial charge in [-0.1, -0.05) is 0 Å². The quantitative estimate of drug-likeness (QED) is 0.482. The number of ether oxygens (including phenoxy) is 3. The summed E-state index contributed by atoms with van der Waals surface area (Å²) in [5, 5.41) is 3.35. The zero-order valence-electron chi connectivity index (χ0n) is 12.5. The van der Waals surface area contributed by atoms with E-state index in [-0.39, 0.29) is 0 Å². The van der Waals surface area contributed by atoms with Crippen molar-refractivity contribution in [3.63, 3.8) is 0 Å². The molecule has 0 aliphatic carbocycles. The Balaban J connectivity index is 2.18. The van der Waals surface area contributed by atoms with E-state index in [1.165, 1.54) is 0 Å². The van der Waals surface area contributed by atoms with Crippen LogP contribution in [0, 0.1) is 0 Å². The lowest BCUT2D eigenvalue weighted by Crippen LogP contribution is -2.06. The molecule has 5 heteroatoms. The Kier molecular flexibility index (Phi) is 8.58. The van der Waals surface area contributed by atoms with Gasteiger partial charge in [-0.3, -0.25) is 0 Å². The highest BCUT2D eigenvalue weighted by atomic mass is 16.5. The largest absolute Gasteiger partial charge is 0.494 e. The van der Waals surface area contributed by atoms with Crippen LogP contribution in [0.15, 0.2) is 18.2 Å². The lowest BCUT2D eigenvalue weighted by atomic mass is 10.2. The van der Waals surface area contributed by atoms with Gasteiger partial charge in [-0.2, -0.15) is 0 Å². The molecule has 3 N–H and O–H groups in total. The average Bonchev–Trinajstić information content (AvgIpc) is 2.41. The molecule has 0 saturated heterocycles. The highest BCUT2D eigenvalue weighted by Gasteiger charge is 1.99. The first-order valence-electron chi connectivity index (χ1n) is 7.10. The van der Waals surface area contributed by atoms with Crippen molar-refractivity contribution >= 4 is 11.4 Å². The predicted molar refractivity (Wildman–Crippen MR) is 82.4 cm³/mol. The van der Waals surface area contributed by atoms with Gasteiger partial charge in [0, 0.05) is 43.8 Å². The molecule has 0 bridgehead atoms. The van der Waals surface area contributed by atoms with Crippen LogP contribution in [0.4, 0.5) is 11.4 Å². The minimum atomic E-state index is 0.641. The van der Waals surface area contributed by atoms with Crippen molar-refractivity contribution in [2.45, 2.75) is 19.8 Å². The fraction of sp³-hybridized carbons (Fsp3) is 0.600. The third-order valence-corrected chi connectivity index (χ3v) is 2.72. The first-order chi connectivity index (χ1) is 9.76. The summed E-state index contributed by atoms with van der Waals surface area (Å²) >= 11 is 0. The first kappa shape index (κ1) is 16.6. The molecule has 0 atom stereocenters. The van der Waals surface area contributed by atoms with Gasteiger partial charge in [-0.25, -0.2) is 0 Å². The van der Waals surface area contributed by atoms with Gasteiger partial charge < -0.3 is 25.3 Å². The fourth-order valence-corrected chi connectivity index (χ4v) is 1.78. The second-order valence-electron chi connectivity index (χ2n) is 4.46. The zero-order chi connectivity index (χ0) is 14.6. The van der Waals surface area contributed by atoms with Crippen molar-refractivity contribution in [2.75, 3.05) is 51.1 Å². The van der Waals surface area contributed by atoms with Crippen molar-refractivity contribution < 1.29 is 14.2 Å². The summed E-state index contributed by atoms with van der Waals surface area (Å²) in [6.07, 6.45) is 2.07. The Morgan fingerprint density at radius 2 is 1.95 bits per heavy atom. The summed E-state index contributed by atoms with van der Waals surface area (Å²) < 4.78 is 15.8. The number of hydrogen-bond donors (Lipinski definition) is 2. The smallest absolute Gasteiger partial charge is 0.123 e. The highest BCUT2D eigenvalue weighted by Crippen LogP contribution is 2.22. The molecule has 0 spiro atoms. The Hall–Kier alpha value is -1.46. The summed E-state index contributed by atoms with van der Waals surface area (Å²) in [5.41, 5.74) is 7.54. The minimum absolute atomic E-state index is 0.641. The highest BCUT2D eigenvalue weighted by molar-refractivity contribution is 5.59. The van der Waals surface area contributed by atoms with Crippen LogP contribution in [0.3, 0.4) is 0 Å². The van der Waals surface area contributed by atoms with Gasteiger partial charge in [0.1, 0.15) is 5.75 Å². The molecule has 0 radical (unpaired) electrons. The van der Waals surface area contributed by atoms with Crippen LogP contribution in [0.1, 0.15) is 19.8 Å². The first-order valence-corrected chi connectivity index (χ1v) is 7.10. The van der Waals surface area contributed by atoms with Crippen molar-refractivity contribution in [1.29, 1.82) is 0 Å². The van der Waals surface area contributed by atoms with Gasteiger partial charge in [0.25, 0.3) is 0 Å². The lowest BCUT2D eigenvalue weighted by molar-refractivity contribution is 0.0691. The van der Waals surface area contributed by atoms with Gasteiger partial charge in [0.15, 0.2) is 0 Å². The molecule has 1 rings (SSSR count). The Morgan fingerprint density at radius 1 is 1.10 bits per heavy atom. The van der Waals surface area contributed by atoms with E-state index in [2.05, 4.69) is 5.32 Å². The number of hydrogen-bond acceptors (Lipinski definition) is 5. The molecule has 0 aliphatic rings. The molecule has 0 fully saturated rings. The van der Waals surface area contributed by atoms with E-state index in [9.17, 15) is 0 Å². The number of anilines is 2. The molecule has 5 nitrogen and oxygen atoms in total. The van der Waals surface area contributed by atoms with Crippen molar-refractivity contribution in [1.82, 2.24) is 0 Å². The summed E-state index contributed by atoms with van der Waals surface area (Å²) in [6, 6.07) is 5.71. The molecule has 1 aromatic carbocycles. The monoisotopic (exact) mass is 282 g/mol. The van der Waals surface area contributed by atoms with Crippen LogP contribution >= 0.6 is 0 Å². The van der Waals surface area contributed by atoms with Gasteiger partial charge in [0.05, 0.1) is 19.8 Å². The van der Waals surface area contributed by atoms with E-state index in [1.807, 2.05) is 25.1 Å². The second kappa shape index (κ2) is 10.3. The van der Waals surface area contributed by atoms with Crippen molar-refractivity contribution in [3.05, 3.63) is 18.2 Å². The zero-order valence-corrected chi connectivity index (χ0v) is 12.5. The number of rotatable bonds is 11. The normalized spacial score (nSPS) is 10.5. The van der Waals surface area contributed by atoms with Crippen molar-refractivity contribution in [3.8, 4) is 5.75 Å². The number of benzene rings is 1. The van der Waals surface area contributed by atoms with Gasteiger partial charge in [-0.05, 0) is 25.8 Å². The van der Waals surface area contributed by atoms with Crippen LogP contribution < -0.4 is 15.8 Å². The minimum Gasteiger partial charge on any atom is -0.494 e. The molecular formula is C15H26N2O3.